The Morgan fingerprint density at radius 2 is 0.500 bits per heavy atom. The Morgan fingerprint density at radius 1 is 0.341 bits per heavy atom. The normalized spacial score (nSPS) is 29.5. The van der Waals surface area contributed by atoms with Crippen molar-refractivity contribution in [2.45, 2.75) is 182 Å². The molecule has 0 N–H and O–H groups in total. The fraction of sp³-hybridized carbons (Fsp3) is 1.00. The fourth-order valence-electron chi connectivity index (χ4n) is 5.18. The molecular weight excluding hydrogens is 625 g/mol. The van der Waals surface area contributed by atoms with Crippen molar-refractivity contribution < 1.29 is 35.4 Å². The zero-order chi connectivity index (χ0) is 34.1. The smallest absolute Gasteiger partial charge is 0.322 e. The van der Waals surface area contributed by atoms with Gasteiger partial charge in [0.15, 0.2) is 0 Å². The molecule has 44 heavy (non-hydrogen) atoms. The highest BCUT2D eigenvalue weighted by molar-refractivity contribution is 6.95. The van der Waals surface area contributed by atoms with Crippen molar-refractivity contribution in [2.24, 2.45) is 0 Å². The van der Waals surface area contributed by atoms with E-state index in [4.69, 9.17) is 35.4 Å². The minimum absolute atomic E-state index is 0.241. The molecule has 0 aromatic rings. The van der Waals surface area contributed by atoms with E-state index in [9.17, 15) is 0 Å². The molecule has 0 aromatic heterocycles. The SMILES string of the molecule is CC[Si]1(CCOC(C)(C)C)O[Si](CC)(CCOC(C)(C)C)O[Si](CC)(CCOC(C)(C)C)O[Si](CC)(CCOC(C)(C)C)O1. The van der Waals surface area contributed by atoms with E-state index < -0.39 is 34.2 Å². The zero-order valence-corrected chi connectivity index (χ0v) is 35.8. The Bertz CT molecular complexity index is 686. The lowest BCUT2D eigenvalue weighted by Gasteiger charge is -2.53. The lowest BCUT2D eigenvalue weighted by molar-refractivity contribution is -0.000904. The van der Waals surface area contributed by atoms with Crippen LogP contribution < -0.4 is 0 Å². The molecule has 8 nitrogen and oxygen atoms in total. The number of rotatable bonds is 16. The number of hydrogen-bond acceptors (Lipinski definition) is 8. The topological polar surface area (TPSA) is 73.8 Å². The van der Waals surface area contributed by atoms with Gasteiger partial charge in [0.25, 0.3) is 0 Å². The van der Waals surface area contributed by atoms with Gasteiger partial charge in [0, 0.05) is 50.6 Å². The molecule has 12 heteroatoms. The number of ether oxygens (including phenoxy) is 4. The van der Waals surface area contributed by atoms with E-state index in [2.05, 4.69) is 111 Å². The van der Waals surface area contributed by atoms with Crippen molar-refractivity contribution in [3.05, 3.63) is 0 Å². The van der Waals surface area contributed by atoms with Gasteiger partial charge in [-0.25, -0.2) is 0 Å². The van der Waals surface area contributed by atoms with Crippen molar-refractivity contribution in [3.63, 3.8) is 0 Å². The maximum absolute atomic E-state index is 7.58. The zero-order valence-electron chi connectivity index (χ0n) is 31.8. The Labute approximate surface area is 276 Å². The summed E-state index contributed by atoms with van der Waals surface area (Å²) in [7, 11) is -11.4. The molecule has 1 heterocycles. The summed E-state index contributed by atoms with van der Waals surface area (Å²) in [5.41, 5.74) is -0.965. The summed E-state index contributed by atoms with van der Waals surface area (Å²) in [5.74, 6) is 0. The molecule has 1 rings (SSSR count). The lowest BCUT2D eigenvalue weighted by Crippen LogP contribution is -2.70. The van der Waals surface area contributed by atoms with Crippen molar-refractivity contribution in [1.29, 1.82) is 0 Å². The van der Waals surface area contributed by atoms with E-state index in [-0.39, 0.29) is 22.4 Å². The second kappa shape index (κ2) is 16.8. The average Bonchev–Trinajstić information content (AvgIpc) is 2.84. The predicted octanol–water partition coefficient (Wildman–Crippen LogP) is 9.18. The van der Waals surface area contributed by atoms with Crippen LogP contribution >= 0.6 is 0 Å². The van der Waals surface area contributed by atoms with Gasteiger partial charge in [-0.2, -0.15) is 0 Å². The van der Waals surface area contributed by atoms with E-state index >= 15 is 0 Å². The van der Waals surface area contributed by atoms with Gasteiger partial charge in [-0.3, -0.25) is 0 Å². The molecule has 0 bridgehead atoms. The van der Waals surface area contributed by atoms with Crippen molar-refractivity contribution >= 4 is 34.2 Å². The van der Waals surface area contributed by atoms with Crippen molar-refractivity contribution in [2.75, 3.05) is 26.4 Å². The Kier molecular flexibility index (Phi) is 16.2. The molecule has 1 fully saturated rings. The second-order valence-corrected chi connectivity index (χ2v) is 31.7. The van der Waals surface area contributed by atoms with Crippen LogP contribution in [0.25, 0.3) is 0 Å². The van der Waals surface area contributed by atoms with Crippen molar-refractivity contribution in [1.82, 2.24) is 0 Å². The van der Waals surface area contributed by atoms with Gasteiger partial charge in [0.1, 0.15) is 0 Å². The first-order chi connectivity index (χ1) is 19.9. The molecule has 0 aliphatic carbocycles. The largest absolute Gasteiger partial charge is 0.415 e. The van der Waals surface area contributed by atoms with Crippen LogP contribution in [0.1, 0.15) is 111 Å². The molecule has 1 aliphatic heterocycles. The molecule has 0 aromatic carbocycles. The first-order valence-electron chi connectivity index (χ1n) is 17.3. The third kappa shape index (κ3) is 15.6. The quantitative estimate of drug-likeness (QED) is 0.148. The second-order valence-electron chi connectivity index (χ2n) is 16.3. The minimum Gasteiger partial charge on any atom is -0.415 e. The van der Waals surface area contributed by atoms with Crippen LogP contribution in [-0.4, -0.2) is 83.1 Å². The van der Waals surface area contributed by atoms with Crippen LogP contribution in [-0.2, 0) is 35.4 Å². The third-order valence-corrected chi connectivity index (χ3v) is 27.8. The van der Waals surface area contributed by atoms with E-state index in [0.29, 0.717) is 26.4 Å². The standard InChI is InChI=1S/C32H72O8Si4/c1-17-41(25-21-33-29(5,6)7)37-42(18-2,26-22-34-30(8,9)10)39-44(20-4,28-24-36-32(14,15)16)40-43(19-3,38-41)27-23-35-31(11,12)13/h17-28H2,1-16H3. The summed E-state index contributed by atoms with van der Waals surface area (Å²) in [6.45, 7) is 36.4. The lowest BCUT2D eigenvalue weighted by atomic mass is 10.2. The molecule has 1 saturated heterocycles. The Morgan fingerprint density at radius 3 is 0.614 bits per heavy atom. The first-order valence-corrected chi connectivity index (χ1v) is 26.2. The van der Waals surface area contributed by atoms with E-state index in [1.54, 1.807) is 0 Å². The summed E-state index contributed by atoms with van der Waals surface area (Å²) in [4.78, 5) is 0. The summed E-state index contributed by atoms with van der Waals surface area (Å²) in [5, 5.41) is 0. The highest BCUT2D eigenvalue weighted by Gasteiger charge is 2.60. The van der Waals surface area contributed by atoms with Crippen LogP contribution in [0.2, 0.25) is 48.4 Å². The van der Waals surface area contributed by atoms with Crippen LogP contribution in [0.3, 0.4) is 0 Å². The summed E-state index contributed by atoms with van der Waals surface area (Å²) >= 11 is 0. The molecule has 0 radical (unpaired) electrons. The molecule has 0 saturated carbocycles. The third-order valence-electron chi connectivity index (χ3n) is 7.71. The van der Waals surface area contributed by atoms with Gasteiger partial charge in [-0.15, -0.1) is 0 Å². The fourth-order valence-corrected chi connectivity index (χ4v) is 29.1. The summed E-state index contributed by atoms with van der Waals surface area (Å²) in [6, 6.07) is 6.21. The highest BCUT2D eigenvalue weighted by atomic mass is 28.5. The first kappa shape index (κ1) is 42.6. The highest BCUT2D eigenvalue weighted by Crippen LogP contribution is 2.43. The van der Waals surface area contributed by atoms with E-state index in [1.165, 1.54) is 0 Å². The Balaban J connectivity index is 3.73. The van der Waals surface area contributed by atoms with Crippen LogP contribution in [0.5, 0.6) is 0 Å². The maximum Gasteiger partial charge on any atom is 0.322 e. The van der Waals surface area contributed by atoms with Gasteiger partial charge in [-0.05, 0) is 107 Å². The maximum atomic E-state index is 7.58. The molecule has 0 amide bonds. The number of hydrogen-bond donors (Lipinski definition) is 0. The summed E-state index contributed by atoms with van der Waals surface area (Å²) < 4.78 is 55.5. The van der Waals surface area contributed by atoms with E-state index in [0.717, 1.165) is 48.4 Å². The molecular formula is C32H72O8Si4. The van der Waals surface area contributed by atoms with Gasteiger partial charge in [0.2, 0.25) is 0 Å². The molecule has 0 unspecified atom stereocenters. The van der Waals surface area contributed by atoms with Crippen LogP contribution in [0, 0.1) is 0 Å². The Hall–Kier alpha value is 0.548. The molecule has 1 aliphatic rings. The minimum atomic E-state index is -2.85. The van der Waals surface area contributed by atoms with Gasteiger partial charge < -0.3 is 35.4 Å². The van der Waals surface area contributed by atoms with Crippen LogP contribution in [0.4, 0.5) is 0 Å². The predicted molar refractivity (Wildman–Crippen MR) is 191 cm³/mol. The summed E-state index contributed by atoms with van der Waals surface area (Å²) in [6.07, 6.45) is 0. The van der Waals surface area contributed by atoms with Gasteiger partial charge in [-0.1, -0.05) is 27.7 Å². The average molecular weight is 697 g/mol. The van der Waals surface area contributed by atoms with E-state index in [1.807, 2.05) is 0 Å². The van der Waals surface area contributed by atoms with Gasteiger partial charge in [0.05, 0.1) is 22.4 Å². The monoisotopic (exact) mass is 696 g/mol. The van der Waals surface area contributed by atoms with Crippen molar-refractivity contribution in [3.8, 4) is 0 Å². The van der Waals surface area contributed by atoms with Gasteiger partial charge >= 0.3 is 34.2 Å². The molecule has 0 spiro atoms. The molecule has 264 valence electrons. The van der Waals surface area contributed by atoms with Crippen LogP contribution in [0.15, 0.2) is 0 Å². The molecule has 0 atom stereocenters.